The summed E-state index contributed by atoms with van der Waals surface area (Å²) in [6.07, 6.45) is 2.54. The van der Waals surface area contributed by atoms with Crippen LogP contribution in [0.1, 0.15) is 5.56 Å². The number of rotatable bonds is 7. The highest BCUT2D eigenvalue weighted by Crippen LogP contribution is 2.08. The molecule has 0 saturated heterocycles. The van der Waals surface area contributed by atoms with E-state index in [9.17, 15) is 23.2 Å². The highest BCUT2D eigenvalue weighted by molar-refractivity contribution is 5.95. The lowest BCUT2D eigenvalue weighted by atomic mass is 10.2. The number of carbonyl (C=O) groups excluding carboxylic acids is 3. The number of hydrogen-bond donors (Lipinski definition) is 1. The molecule has 0 aliphatic carbocycles. The molecule has 0 bridgehead atoms. The van der Waals surface area contributed by atoms with E-state index in [1.54, 1.807) is 0 Å². The molecule has 28 heavy (non-hydrogen) atoms. The lowest BCUT2D eigenvalue weighted by Gasteiger charge is -2.16. The van der Waals surface area contributed by atoms with Gasteiger partial charge in [0.15, 0.2) is 6.61 Å². The number of esters is 1. The number of carbonyl (C=O) groups is 3. The van der Waals surface area contributed by atoms with Gasteiger partial charge in [-0.15, -0.1) is 0 Å². The fraction of sp³-hybridized carbons (Fsp3) is 0.150. The Morgan fingerprint density at radius 3 is 2.18 bits per heavy atom. The van der Waals surface area contributed by atoms with Crippen LogP contribution in [0.4, 0.5) is 14.5 Å². The molecule has 1 N–H and O–H groups in total. The Balaban J connectivity index is 1.75. The van der Waals surface area contributed by atoms with Gasteiger partial charge in [0.05, 0.1) is 6.54 Å². The lowest BCUT2D eigenvalue weighted by molar-refractivity contribution is -0.148. The molecule has 146 valence electrons. The number of benzene rings is 2. The summed E-state index contributed by atoms with van der Waals surface area (Å²) in [7, 11) is 1.38. The van der Waals surface area contributed by atoms with Crippen molar-refractivity contribution in [2.45, 2.75) is 0 Å². The number of halogens is 2. The smallest absolute Gasteiger partial charge is 0.331 e. The monoisotopic (exact) mass is 388 g/mol. The summed E-state index contributed by atoms with van der Waals surface area (Å²) < 4.78 is 30.4. The molecular formula is C20H18F2N2O4. The van der Waals surface area contributed by atoms with E-state index in [1.165, 1.54) is 61.7 Å². The number of likely N-dealkylation sites (N-methyl/N-ethyl adjacent to an activating group) is 1. The van der Waals surface area contributed by atoms with Crippen LogP contribution in [0.25, 0.3) is 6.08 Å². The number of amides is 2. The first kappa shape index (κ1) is 20.8. The fourth-order valence-electron chi connectivity index (χ4n) is 2.07. The highest BCUT2D eigenvalue weighted by atomic mass is 19.1. The average Bonchev–Trinajstić information content (AvgIpc) is 2.67. The van der Waals surface area contributed by atoms with Gasteiger partial charge in [-0.2, -0.15) is 0 Å². The van der Waals surface area contributed by atoms with Crippen LogP contribution in [0.2, 0.25) is 0 Å². The van der Waals surface area contributed by atoms with E-state index in [0.717, 1.165) is 11.0 Å². The molecule has 6 nitrogen and oxygen atoms in total. The number of anilines is 1. The van der Waals surface area contributed by atoms with Crippen molar-refractivity contribution in [3.05, 3.63) is 71.8 Å². The maximum Gasteiger partial charge on any atom is 0.331 e. The standard InChI is InChI=1S/C20H18F2N2O4/c1-24(12-18(25)23-17-9-7-16(22)8-10-17)19(26)13-28-20(27)11-4-14-2-5-15(21)6-3-14/h2-11H,12-13H2,1H3,(H,23,25)/b11-4+. The summed E-state index contributed by atoms with van der Waals surface area (Å²) in [5.41, 5.74) is 0.990. The molecular weight excluding hydrogens is 370 g/mol. The van der Waals surface area contributed by atoms with E-state index in [1.807, 2.05) is 0 Å². The summed E-state index contributed by atoms with van der Waals surface area (Å²) in [6.45, 7) is -0.800. The third kappa shape index (κ3) is 6.99. The number of ether oxygens (including phenoxy) is 1. The SMILES string of the molecule is CN(CC(=O)Nc1ccc(F)cc1)C(=O)COC(=O)/C=C/c1ccc(F)cc1. The Kier molecular flexibility index (Phi) is 7.38. The van der Waals surface area contributed by atoms with Crippen LogP contribution in [0.3, 0.4) is 0 Å². The van der Waals surface area contributed by atoms with Gasteiger partial charge in [0.2, 0.25) is 5.91 Å². The minimum absolute atomic E-state index is 0.265. The topological polar surface area (TPSA) is 75.7 Å². The van der Waals surface area contributed by atoms with Crippen molar-refractivity contribution >= 4 is 29.5 Å². The number of nitrogens with one attached hydrogen (secondary N) is 1. The zero-order valence-corrected chi connectivity index (χ0v) is 15.0. The van der Waals surface area contributed by atoms with E-state index in [2.05, 4.69) is 5.32 Å². The largest absolute Gasteiger partial charge is 0.452 e. The molecule has 2 aromatic rings. The molecule has 0 aliphatic rings. The van der Waals surface area contributed by atoms with E-state index < -0.39 is 36.0 Å². The van der Waals surface area contributed by atoms with E-state index in [0.29, 0.717) is 11.3 Å². The van der Waals surface area contributed by atoms with Crippen LogP contribution in [0.15, 0.2) is 54.6 Å². The van der Waals surface area contributed by atoms with Crippen molar-refractivity contribution in [2.24, 2.45) is 0 Å². The van der Waals surface area contributed by atoms with Gasteiger partial charge in [-0.3, -0.25) is 9.59 Å². The Morgan fingerprint density at radius 2 is 1.57 bits per heavy atom. The van der Waals surface area contributed by atoms with Crippen LogP contribution < -0.4 is 5.32 Å². The Morgan fingerprint density at radius 1 is 1.00 bits per heavy atom. The number of nitrogens with zero attached hydrogens (tertiary/aromatic N) is 1. The Hall–Kier alpha value is -3.55. The van der Waals surface area contributed by atoms with Crippen molar-refractivity contribution in [1.29, 1.82) is 0 Å². The highest BCUT2D eigenvalue weighted by Gasteiger charge is 2.14. The minimum atomic E-state index is -0.748. The Labute approximate surface area is 160 Å². The molecule has 0 atom stereocenters. The summed E-state index contributed by atoms with van der Waals surface area (Å²) in [6, 6.07) is 10.7. The summed E-state index contributed by atoms with van der Waals surface area (Å²) in [5.74, 6) is -2.62. The van der Waals surface area contributed by atoms with Crippen LogP contribution in [0, 0.1) is 11.6 Å². The van der Waals surface area contributed by atoms with Gasteiger partial charge in [0.25, 0.3) is 5.91 Å². The van der Waals surface area contributed by atoms with Gasteiger partial charge >= 0.3 is 5.97 Å². The molecule has 2 aromatic carbocycles. The van der Waals surface area contributed by atoms with Gasteiger partial charge in [0.1, 0.15) is 11.6 Å². The molecule has 0 radical (unpaired) electrons. The van der Waals surface area contributed by atoms with Crippen LogP contribution in [0.5, 0.6) is 0 Å². The van der Waals surface area contributed by atoms with Gasteiger partial charge in [-0.25, -0.2) is 13.6 Å². The first-order chi connectivity index (χ1) is 13.3. The second-order valence-electron chi connectivity index (χ2n) is 5.80. The molecule has 2 amide bonds. The Bertz CT molecular complexity index is 865. The molecule has 0 spiro atoms. The minimum Gasteiger partial charge on any atom is -0.452 e. The normalized spacial score (nSPS) is 10.5. The van der Waals surface area contributed by atoms with Crippen LogP contribution >= 0.6 is 0 Å². The fourth-order valence-corrected chi connectivity index (χ4v) is 2.07. The molecule has 0 aliphatic heterocycles. The van der Waals surface area contributed by atoms with E-state index in [-0.39, 0.29) is 6.54 Å². The van der Waals surface area contributed by atoms with Crippen LogP contribution in [-0.4, -0.2) is 42.9 Å². The van der Waals surface area contributed by atoms with Gasteiger partial charge < -0.3 is 15.0 Å². The molecule has 8 heteroatoms. The third-order valence-corrected chi connectivity index (χ3v) is 3.55. The van der Waals surface area contributed by atoms with Crippen molar-refractivity contribution in [3.8, 4) is 0 Å². The van der Waals surface area contributed by atoms with Gasteiger partial charge in [-0.05, 0) is 48.0 Å². The number of hydrogen-bond acceptors (Lipinski definition) is 4. The zero-order valence-electron chi connectivity index (χ0n) is 15.0. The molecule has 0 fully saturated rings. The lowest BCUT2D eigenvalue weighted by Crippen LogP contribution is -2.37. The summed E-state index contributed by atoms with van der Waals surface area (Å²) in [4.78, 5) is 36.6. The average molecular weight is 388 g/mol. The van der Waals surface area contributed by atoms with Crippen molar-refractivity contribution in [1.82, 2.24) is 4.90 Å². The van der Waals surface area contributed by atoms with Crippen molar-refractivity contribution in [3.63, 3.8) is 0 Å². The second-order valence-corrected chi connectivity index (χ2v) is 5.80. The van der Waals surface area contributed by atoms with Crippen molar-refractivity contribution in [2.75, 3.05) is 25.5 Å². The predicted octanol–water partition coefficient (Wildman–Crippen LogP) is 2.62. The second kappa shape index (κ2) is 9.96. The summed E-state index contributed by atoms with van der Waals surface area (Å²) >= 11 is 0. The van der Waals surface area contributed by atoms with E-state index in [4.69, 9.17) is 4.74 Å². The van der Waals surface area contributed by atoms with E-state index >= 15 is 0 Å². The first-order valence-electron chi connectivity index (χ1n) is 8.23. The molecule has 0 heterocycles. The molecule has 0 aromatic heterocycles. The molecule has 0 unspecified atom stereocenters. The maximum absolute atomic E-state index is 12.8. The first-order valence-corrected chi connectivity index (χ1v) is 8.23. The summed E-state index contributed by atoms with van der Waals surface area (Å²) in [5, 5.41) is 2.52. The maximum atomic E-state index is 12.8. The van der Waals surface area contributed by atoms with Gasteiger partial charge in [-0.1, -0.05) is 12.1 Å². The quantitative estimate of drug-likeness (QED) is 0.584. The zero-order chi connectivity index (χ0) is 20.5. The van der Waals surface area contributed by atoms with Crippen molar-refractivity contribution < 1.29 is 27.9 Å². The predicted molar refractivity (Wildman–Crippen MR) is 99.1 cm³/mol. The van der Waals surface area contributed by atoms with Crippen LogP contribution in [-0.2, 0) is 19.1 Å². The van der Waals surface area contributed by atoms with Gasteiger partial charge in [0, 0.05) is 18.8 Å². The third-order valence-electron chi connectivity index (χ3n) is 3.55. The molecule has 0 saturated carbocycles. The molecule has 2 rings (SSSR count).